The highest BCUT2D eigenvalue weighted by Crippen LogP contribution is 2.41. The Balaban J connectivity index is 1.44. The Morgan fingerprint density at radius 3 is 2.88 bits per heavy atom. The number of anilines is 1. The summed E-state index contributed by atoms with van der Waals surface area (Å²) in [4.78, 5) is 21.2. The minimum absolute atomic E-state index is 0.0592. The van der Waals surface area contributed by atoms with Gasteiger partial charge in [0.25, 0.3) is 0 Å². The number of rotatable bonds is 8. The van der Waals surface area contributed by atoms with Gasteiger partial charge in [-0.05, 0) is 36.3 Å². The molecule has 2 aromatic heterocycles. The van der Waals surface area contributed by atoms with Crippen molar-refractivity contribution in [2.75, 3.05) is 25.6 Å². The number of aliphatic hydroxyl groups excluding tert-OH is 2. The Morgan fingerprint density at radius 1 is 1.24 bits per heavy atom. The highest BCUT2D eigenvalue weighted by atomic mass is 16.5. The zero-order chi connectivity index (χ0) is 22.9. The number of aromatic nitrogens is 5. The number of ketones is 1. The van der Waals surface area contributed by atoms with Crippen LogP contribution in [-0.2, 0) is 16.0 Å². The summed E-state index contributed by atoms with van der Waals surface area (Å²) < 4.78 is 6.76. The largest absolute Gasteiger partial charge is 0.396 e. The highest BCUT2D eigenvalue weighted by Gasteiger charge is 2.37. The first-order chi connectivity index (χ1) is 16.1. The number of benzene rings is 1. The SMILES string of the molecule is COCC(=O)C[C@@H]1Cc2ccccc2[C@H]1Nc1ncnc2c1nnn2C1CC(O)C(CO)C1. The van der Waals surface area contributed by atoms with Crippen LogP contribution in [0.4, 0.5) is 5.82 Å². The van der Waals surface area contributed by atoms with Gasteiger partial charge in [-0.2, -0.15) is 0 Å². The molecule has 2 heterocycles. The maximum atomic E-state index is 12.3. The van der Waals surface area contributed by atoms with Crippen molar-refractivity contribution in [3.05, 3.63) is 41.7 Å². The highest BCUT2D eigenvalue weighted by molar-refractivity contribution is 5.83. The molecule has 1 saturated carbocycles. The van der Waals surface area contributed by atoms with Crippen LogP contribution in [0.5, 0.6) is 0 Å². The summed E-state index contributed by atoms with van der Waals surface area (Å²) in [5, 5.41) is 31.9. The maximum Gasteiger partial charge on any atom is 0.184 e. The van der Waals surface area contributed by atoms with Gasteiger partial charge in [0.2, 0.25) is 0 Å². The molecule has 0 spiro atoms. The third-order valence-electron chi connectivity index (χ3n) is 6.91. The Kier molecular flexibility index (Phi) is 6.05. The molecule has 0 bridgehead atoms. The van der Waals surface area contributed by atoms with Gasteiger partial charge < -0.3 is 20.3 Å². The van der Waals surface area contributed by atoms with E-state index in [-0.39, 0.29) is 42.9 Å². The summed E-state index contributed by atoms with van der Waals surface area (Å²) in [6.45, 7) is 0.0457. The number of Topliss-reactive ketones (excluding diaryl/α,β-unsaturated/α-hetero) is 1. The topological polar surface area (TPSA) is 135 Å². The summed E-state index contributed by atoms with van der Waals surface area (Å²) in [6.07, 6.45) is 3.22. The minimum atomic E-state index is -0.570. The number of hydrogen-bond acceptors (Lipinski definition) is 9. The van der Waals surface area contributed by atoms with Gasteiger partial charge in [-0.25, -0.2) is 14.6 Å². The molecule has 33 heavy (non-hydrogen) atoms. The van der Waals surface area contributed by atoms with Crippen molar-refractivity contribution in [2.45, 2.75) is 43.9 Å². The van der Waals surface area contributed by atoms with Crippen LogP contribution in [-0.4, -0.2) is 67.4 Å². The second-order valence-electron chi connectivity index (χ2n) is 9.02. The zero-order valence-electron chi connectivity index (χ0n) is 18.5. The van der Waals surface area contributed by atoms with Gasteiger partial charge in [0.05, 0.1) is 18.2 Å². The average molecular weight is 453 g/mol. The Hall–Kier alpha value is -2.95. The number of ether oxygens (including phenoxy) is 1. The van der Waals surface area contributed by atoms with Gasteiger partial charge in [-0.15, -0.1) is 5.10 Å². The number of carbonyl (C=O) groups excluding carboxylic acids is 1. The third-order valence-corrected chi connectivity index (χ3v) is 6.91. The van der Waals surface area contributed by atoms with Crippen molar-refractivity contribution in [3.8, 4) is 0 Å². The van der Waals surface area contributed by atoms with E-state index in [1.165, 1.54) is 19.0 Å². The third kappa shape index (κ3) is 4.09. The fourth-order valence-electron chi connectivity index (χ4n) is 5.31. The summed E-state index contributed by atoms with van der Waals surface area (Å²) in [5.74, 6) is 0.531. The number of fused-ring (bicyclic) bond motifs is 2. The monoisotopic (exact) mass is 452 g/mol. The van der Waals surface area contributed by atoms with E-state index in [2.05, 4.69) is 37.7 Å². The van der Waals surface area contributed by atoms with Crippen molar-refractivity contribution in [1.82, 2.24) is 25.0 Å². The lowest BCUT2D eigenvalue weighted by molar-refractivity contribution is -0.123. The van der Waals surface area contributed by atoms with E-state index in [1.807, 2.05) is 12.1 Å². The summed E-state index contributed by atoms with van der Waals surface area (Å²) >= 11 is 0. The van der Waals surface area contributed by atoms with Crippen LogP contribution in [0.1, 0.15) is 42.5 Å². The zero-order valence-corrected chi connectivity index (χ0v) is 18.5. The van der Waals surface area contributed by atoms with E-state index in [0.29, 0.717) is 36.2 Å². The Bertz CT molecular complexity index is 1150. The first-order valence-corrected chi connectivity index (χ1v) is 11.3. The average Bonchev–Trinajstić information content (AvgIpc) is 3.49. The fraction of sp³-hybridized carbons (Fsp3) is 0.522. The van der Waals surface area contributed by atoms with Crippen LogP contribution < -0.4 is 5.32 Å². The lowest BCUT2D eigenvalue weighted by atomic mass is 9.95. The summed E-state index contributed by atoms with van der Waals surface area (Å²) in [5.41, 5.74) is 3.50. The Labute approximate surface area is 191 Å². The van der Waals surface area contributed by atoms with Crippen LogP contribution in [0.3, 0.4) is 0 Å². The number of nitrogens with one attached hydrogen (secondary N) is 1. The molecule has 3 unspecified atom stereocenters. The van der Waals surface area contributed by atoms with E-state index < -0.39 is 6.10 Å². The number of hydrogen-bond donors (Lipinski definition) is 3. The molecule has 2 aliphatic rings. The molecular weight excluding hydrogens is 424 g/mol. The molecule has 5 atom stereocenters. The van der Waals surface area contributed by atoms with Crippen molar-refractivity contribution >= 4 is 22.8 Å². The molecule has 10 heteroatoms. The summed E-state index contributed by atoms with van der Waals surface area (Å²) in [6, 6.07) is 8.01. The van der Waals surface area contributed by atoms with E-state index in [4.69, 9.17) is 4.74 Å². The van der Waals surface area contributed by atoms with Gasteiger partial charge in [-0.1, -0.05) is 29.5 Å². The van der Waals surface area contributed by atoms with Gasteiger partial charge in [0.15, 0.2) is 22.8 Å². The molecule has 3 N–H and O–H groups in total. The molecule has 0 amide bonds. The molecule has 10 nitrogen and oxygen atoms in total. The van der Waals surface area contributed by atoms with Crippen molar-refractivity contribution < 1.29 is 19.7 Å². The van der Waals surface area contributed by atoms with E-state index in [0.717, 1.165) is 12.0 Å². The van der Waals surface area contributed by atoms with Gasteiger partial charge in [-0.3, -0.25) is 4.79 Å². The quantitative estimate of drug-likeness (QED) is 0.464. The maximum absolute atomic E-state index is 12.3. The van der Waals surface area contributed by atoms with Crippen LogP contribution in [0.15, 0.2) is 30.6 Å². The molecule has 1 aromatic carbocycles. The Morgan fingerprint density at radius 2 is 2.09 bits per heavy atom. The second-order valence-corrected chi connectivity index (χ2v) is 9.02. The van der Waals surface area contributed by atoms with Crippen LogP contribution in [0, 0.1) is 11.8 Å². The molecule has 174 valence electrons. The molecule has 5 rings (SSSR count). The van der Waals surface area contributed by atoms with E-state index in [9.17, 15) is 15.0 Å². The van der Waals surface area contributed by atoms with Crippen LogP contribution >= 0.6 is 0 Å². The van der Waals surface area contributed by atoms with E-state index in [1.54, 1.807) is 4.68 Å². The molecule has 2 aliphatic carbocycles. The molecule has 0 saturated heterocycles. The molecule has 1 fully saturated rings. The molecular formula is C23H28N6O4. The first-order valence-electron chi connectivity index (χ1n) is 11.3. The second kappa shape index (κ2) is 9.12. The molecule has 3 aromatic rings. The molecule has 0 radical (unpaired) electrons. The number of carbonyl (C=O) groups is 1. The van der Waals surface area contributed by atoms with Crippen molar-refractivity contribution in [2.24, 2.45) is 11.8 Å². The minimum Gasteiger partial charge on any atom is -0.396 e. The normalized spacial score (nSPS) is 26.6. The molecule has 0 aliphatic heterocycles. The smallest absolute Gasteiger partial charge is 0.184 e. The van der Waals surface area contributed by atoms with Gasteiger partial charge >= 0.3 is 0 Å². The predicted molar refractivity (Wildman–Crippen MR) is 119 cm³/mol. The van der Waals surface area contributed by atoms with Crippen molar-refractivity contribution in [1.29, 1.82) is 0 Å². The van der Waals surface area contributed by atoms with Gasteiger partial charge in [0, 0.05) is 26.1 Å². The number of aliphatic hydroxyl groups is 2. The van der Waals surface area contributed by atoms with E-state index >= 15 is 0 Å². The van der Waals surface area contributed by atoms with Crippen molar-refractivity contribution in [3.63, 3.8) is 0 Å². The summed E-state index contributed by atoms with van der Waals surface area (Å²) in [7, 11) is 1.53. The van der Waals surface area contributed by atoms with Crippen LogP contribution in [0.2, 0.25) is 0 Å². The van der Waals surface area contributed by atoms with Gasteiger partial charge in [0.1, 0.15) is 12.9 Å². The first kappa shape index (κ1) is 21.9. The fourth-order valence-corrected chi connectivity index (χ4v) is 5.31. The predicted octanol–water partition coefficient (Wildman–Crippen LogP) is 1.46. The lowest BCUT2D eigenvalue weighted by Crippen LogP contribution is -2.22. The number of methoxy groups -OCH3 is 1. The van der Waals surface area contributed by atoms with Crippen LogP contribution in [0.25, 0.3) is 11.2 Å². The number of nitrogens with zero attached hydrogens (tertiary/aromatic N) is 5. The lowest BCUT2D eigenvalue weighted by Gasteiger charge is -2.22. The standard InChI is InChI=1S/C23H28N6O4/c1-33-11-17(31)8-14-6-13-4-2-3-5-18(13)20(14)26-22-21-23(25-12-24-22)29(28-27-21)16-7-15(10-30)19(32)9-16/h2-5,12,14-16,19-20,30,32H,6-11H2,1H3,(H,24,25,26)/t14-,15?,16?,19?,20-/m0/s1.